The van der Waals surface area contributed by atoms with Gasteiger partial charge in [0.2, 0.25) is 5.88 Å². The van der Waals surface area contributed by atoms with Gasteiger partial charge in [0.25, 0.3) is 11.8 Å². The van der Waals surface area contributed by atoms with E-state index in [1.165, 1.54) is 0 Å². The number of nitrogens with one attached hydrogen (secondary N) is 2. The Hall–Kier alpha value is -2.91. The molecule has 2 aliphatic rings. The van der Waals surface area contributed by atoms with Crippen molar-refractivity contribution in [1.29, 1.82) is 0 Å². The van der Waals surface area contributed by atoms with Crippen molar-refractivity contribution in [2.75, 3.05) is 18.5 Å². The van der Waals surface area contributed by atoms with E-state index >= 15 is 0 Å². The fourth-order valence-corrected chi connectivity index (χ4v) is 3.82. The molecule has 1 aromatic rings. The Morgan fingerprint density at radius 3 is 2.73 bits per heavy atom. The molecule has 1 aliphatic heterocycles. The van der Waals surface area contributed by atoms with Gasteiger partial charge in [-0.25, -0.2) is 4.79 Å². The van der Waals surface area contributed by atoms with Crippen LogP contribution in [-0.4, -0.2) is 52.6 Å². The van der Waals surface area contributed by atoms with Gasteiger partial charge >= 0.3 is 12.0 Å². The minimum atomic E-state index is -0.940. The zero-order valence-electron chi connectivity index (χ0n) is 17.7. The summed E-state index contributed by atoms with van der Waals surface area (Å²) in [5.41, 5.74) is -0.516. The maximum Gasteiger partial charge on any atom is 0.326 e. The first-order valence-corrected chi connectivity index (χ1v) is 10.1. The number of urea groups is 1. The van der Waals surface area contributed by atoms with Crippen molar-refractivity contribution in [2.45, 2.75) is 64.3 Å². The van der Waals surface area contributed by atoms with Crippen molar-refractivity contribution >= 4 is 29.7 Å². The molecule has 1 aliphatic carbocycles. The molecule has 2 N–H and O–H groups in total. The molecule has 0 radical (unpaired) electrons. The number of esters is 1. The second kappa shape index (κ2) is 8.08. The van der Waals surface area contributed by atoms with Gasteiger partial charge in [-0.3, -0.25) is 24.6 Å². The van der Waals surface area contributed by atoms with Gasteiger partial charge in [-0.15, -0.1) is 0 Å². The summed E-state index contributed by atoms with van der Waals surface area (Å²) >= 11 is 0. The minimum Gasteiger partial charge on any atom is -0.454 e. The first-order chi connectivity index (χ1) is 14.0. The second-order valence-corrected chi connectivity index (χ2v) is 8.97. The van der Waals surface area contributed by atoms with E-state index in [0.717, 1.165) is 24.2 Å². The van der Waals surface area contributed by atoms with Crippen LogP contribution in [0.2, 0.25) is 0 Å². The van der Waals surface area contributed by atoms with Crippen LogP contribution in [0.25, 0.3) is 0 Å². The molecule has 10 heteroatoms. The molecular weight excluding hydrogens is 392 g/mol. The Labute approximate surface area is 174 Å². The zero-order valence-corrected chi connectivity index (χ0v) is 17.7. The lowest BCUT2D eigenvalue weighted by molar-refractivity contribution is -0.150. The third-order valence-electron chi connectivity index (χ3n) is 5.69. The zero-order chi connectivity index (χ0) is 22.1. The molecule has 10 nitrogen and oxygen atoms in total. The SMILES string of the molecule is C[C@@H]1CCCC[C@]12NC(=O)N(CC(=O)OCC(=O)Nc1cc(C(C)(C)C)no1)C2=O. The molecule has 2 atom stereocenters. The average Bonchev–Trinajstić information content (AvgIpc) is 3.22. The highest BCUT2D eigenvalue weighted by atomic mass is 16.5. The smallest absolute Gasteiger partial charge is 0.326 e. The van der Waals surface area contributed by atoms with Crippen molar-refractivity contribution in [2.24, 2.45) is 5.92 Å². The number of aromatic nitrogens is 1. The van der Waals surface area contributed by atoms with E-state index in [1.54, 1.807) is 6.07 Å². The molecule has 0 bridgehead atoms. The Morgan fingerprint density at radius 1 is 1.37 bits per heavy atom. The monoisotopic (exact) mass is 420 g/mol. The predicted octanol–water partition coefficient (Wildman–Crippen LogP) is 1.95. The lowest BCUT2D eigenvalue weighted by Gasteiger charge is -2.36. The summed E-state index contributed by atoms with van der Waals surface area (Å²) in [5, 5.41) is 9.10. The standard InChI is InChI=1S/C20H28N4O6/c1-12-7-5-6-8-20(12)17(27)24(18(28)22-20)10-16(26)29-11-14(25)21-15-9-13(23-30-15)19(2,3)4/h9,12H,5-8,10-11H2,1-4H3,(H,21,25)(H,22,28)/t12-,20+/m1/s1. The number of ether oxygens (including phenoxy) is 1. The van der Waals surface area contributed by atoms with Crippen molar-refractivity contribution < 1.29 is 28.4 Å². The fourth-order valence-electron chi connectivity index (χ4n) is 3.82. The van der Waals surface area contributed by atoms with Crippen molar-refractivity contribution in [3.63, 3.8) is 0 Å². The van der Waals surface area contributed by atoms with E-state index in [0.29, 0.717) is 12.1 Å². The van der Waals surface area contributed by atoms with Crippen molar-refractivity contribution in [1.82, 2.24) is 15.4 Å². The van der Waals surface area contributed by atoms with Crippen molar-refractivity contribution in [3.05, 3.63) is 11.8 Å². The molecule has 2 heterocycles. The summed E-state index contributed by atoms with van der Waals surface area (Å²) in [5.74, 6) is -1.73. The summed E-state index contributed by atoms with van der Waals surface area (Å²) in [6, 6.07) is 0.990. The Bertz CT molecular complexity index is 858. The normalized spacial score (nSPS) is 24.1. The summed E-state index contributed by atoms with van der Waals surface area (Å²) in [4.78, 5) is 50.1. The summed E-state index contributed by atoms with van der Waals surface area (Å²) < 4.78 is 9.97. The number of carbonyl (C=O) groups is 4. The van der Waals surface area contributed by atoms with Crippen LogP contribution < -0.4 is 10.6 Å². The number of amides is 4. The third kappa shape index (κ3) is 4.31. The summed E-state index contributed by atoms with van der Waals surface area (Å²) in [7, 11) is 0. The molecule has 0 unspecified atom stereocenters. The highest BCUT2D eigenvalue weighted by molar-refractivity contribution is 6.09. The summed E-state index contributed by atoms with van der Waals surface area (Å²) in [6.07, 6.45) is 3.24. The number of hydrogen-bond donors (Lipinski definition) is 2. The van der Waals surface area contributed by atoms with E-state index in [9.17, 15) is 19.2 Å². The molecule has 1 spiro atoms. The van der Waals surface area contributed by atoms with Crippen LogP contribution in [-0.2, 0) is 24.5 Å². The molecule has 164 valence electrons. The Kier molecular flexibility index (Phi) is 5.87. The summed E-state index contributed by atoms with van der Waals surface area (Å²) in [6.45, 7) is 6.67. The topological polar surface area (TPSA) is 131 Å². The number of anilines is 1. The van der Waals surface area contributed by atoms with Gasteiger partial charge in [0.05, 0.1) is 5.69 Å². The Morgan fingerprint density at radius 2 is 2.10 bits per heavy atom. The molecule has 2 fully saturated rings. The molecule has 0 aromatic carbocycles. The number of rotatable bonds is 5. The van der Waals surface area contributed by atoms with Gasteiger partial charge in [0.1, 0.15) is 12.1 Å². The molecule has 4 amide bonds. The van der Waals surface area contributed by atoms with Crippen LogP contribution in [0.15, 0.2) is 10.6 Å². The lowest BCUT2D eigenvalue weighted by atomic mass is 9.73. The van der Waals surface area contributed by atoms with E-state index in [-0.39, 0.29) is 17.2 Å². The molecule has 1 saturated carbocycles. The molecular formula is C20H28N4O6. The van der Waals surface area contributed by atoms with Crippen LogP contribution in [0.3, 0.4) is 0 Å². The third-order valence-corrected chi connectivity index (χ3v) is 5.69. The first kappa shape index (κ1) is 21.8. The van der Waals surface area contributed by atoms with Gasteiger partial charge in [-0.1, -0.05) is 45.7 Å². The van der Waals surface area contributed by atoms with Gasteiger partial charge < -0.3 is 14.6 Å². The molecule has 1 saturated heterocycles. The van der Waals surface area contributed by atoms with Gasteiger partial charge in [-0.2, -0.15) is 0 Å². The maximum atomic E-state index is 12.8. The largest absolute Gasteiger partial charge is 0.454 e. The number of hydrogen-bond acceptors (Lipinski definition) is 7. The fraction of sp³-hybridized carbons (Fsp3) is 0.650. The van der Waals surface area contributed by atoms with Crippen LogP contribution >= 0.6 is 0 Å². The maximum absolute atomic E-state index is 12.8. The van der Waals surface area contributed by atoms with Gasteiger partial charge in [-0.05, 0) is 18.8 Å². The molecule has 1 aromatic heterocycles. The van der Waals surface area contributed by atoms with Gasteiger partial charge in [0, 0.05) is 11.5 Å². The molecule has 30 heavy (non-hydrogen) atoms. The van der Waals surface area contributed by atoms with Gasteiger partial charge in [0.15, 0.2) is 6.61 Å². The quantitative estimate of drug-likeness (QED) is 0.550. The average molecular weight is 420 g/mol. The van der Waals surface area contributed by atoms with E-state index in [1.807, 2.05) is 27.7 Å². The number of carbonyl (C=O) groups excluding carboxylic acids is 4. The van der Waals surface area contributed by atoms with Crippen LogP contribution in [0.4, 0.5) is 10.7 Å². The minimum absolute atomic E-state index is 0.00519. The van der Waals surface area contributed by atoms with Crippen LogP contribution in [0, 0.1) is 5.92 Å². The van der Waals surface area contributed by atoms with E-state index < -0.39 is 42.5 Å². The second-order valence-electron chi connectivity index (χ2n) is 8.97. The van der Waals surface area contributed by atoms with Crippen LogP contribution in [0.5, 0.6) is 0 Å². The van der Waals surface area contributed by atoms with Crippen LogP contribution in [0.1, 0.15) is 59.1 Å². The Balaban J connectivity index is 1.51. The number of nitrogens with zero attached hydrogens (tertiary/aromatic N) is 2. The highest BCUT2D eigenvalue weighted by Gasteiger charge is 2.55. The van der Waals surface area contributed by atoms with Crippen molar-refractivity contribution in [3.8, 4) is 0 Å². The highest BCUT2D eigenvalue weighted by Crippen LogP contribution is 2.38. The molecule has 3 rings (SSSR count). The first-order valence-electron chi connectivity index (χ1n) is 10.1. The van der Waals surface area contributed by atoms with E-state index in [4.69, 9.17) is 9.26 Å². The lowest BCUT2D eigenvalue weighted by Crippen LogP contribution is -2.54. The number of imide groups is 1. The van der Waals surface area contributed by atoms with E-state index in [2.05, 4.69) is 15.8 Å². The predicted molar refractivity (Wildman–Crippen MR) is 105 cm³/mol.